The lowest BCUT2D eigenvalue weighted by atomic mass is 9.81. The van der Waals surface area contributed by atoms with Gasteiger partial charge in [0, 0.05) is 24.5 Å². The summed E-state index contributed by atoms with van der Waals surface area (Å²) in [5.74, 6) is 0.336. The molecule has 3 aromatic rings. The number of carboxylic acid groups (broad SMARTS) is 1. The summed E-state index contributed by atoms with van der Waals surface area (Å²) in [5, 5.41) is 10.6. The highest BCUT2D eigenvalue weighted by Crippen LogP contribution is 2.35. The van der Waals surface area contributed by atoms with Gasteiger partial charge in [0.2, 0.25) is 0 Å². The number of halogens is 1. The fourth-order valence-corrected chi connectivity index (χ4v) is 4.89. The van der Waals surface area contributed by atoms with Gasteiger partial charge in [-0.25, -0.2) is 4.39 Å². The Morgan fingerprint density at radius 1 is 1.36 bits per heavy atom. The summed E-state index contributed by atoms with van der Waals surface area (Å²) in [5.41, 5.74) is 1.31. The third-order valence-corrected chi connectivity index (χ3v) is 6.75. The van der Waals surface area contributed by atoms with Gasteiger partial charge in [-0.1, -0.05) is 0 Å². The number of aromatic nitrogens is 1. The first-order valence-electron chi connectivity index (χ1n) is 11.6. The highest BCUT2D eigenvalue weighted by molar-refractivity contribution is 5.83. The Balaban J connectivity index is 1.34. The number of alkyl halides is 1. The van der Waals surface area contributed by atoms with Crippen LogP contribution in [0.5, 0.6) is 5.75 Å². The number of aryl methyl sites for hydroxylation is 1. The average Bonchev–Trinajstić information content (AvgIpc) is 3.35. The summed E-state index contributed by atoms with van der Waals surface area (Å²) in [6, 6.07) is 11.0. The number of piperidine rings is 1. The van der Waals surface area contributed by atoms with Gasteiger partial charge in [0.25, 0.3) is 0 Å². The molecule has 0 spiro atoms. The number of rotatable bonds is 10. The Hall–Kier alpha value is -2.93. The van der Waals surface area contributed by atoms with Crippen molar-refractivity contribution < 1.29 is 23.4 Å². The van der Waals surface area contributed by atoms with Gasteiger partial charge in [-0.3, -0.25) is 9.78 Å². The highest BCUT2D eigenvalue weighted by Gasteiger charge is 2.34. The molecule has 1 aliphatic rings. The maximum Gasteiger partial charge on any atom is 0.308 e. The molecule has 0 unspecified atom stereocenters. The molecule has 1 fully saturated rings. The molecular weight excluding hydrogens is 423 g/mol. The van der Waals surface area contributed by atoms with Crippen molar-refractivity contribution in [2.75, 3.05) is 26.7 Å². The van der Waals surface area contributed by atoms with E-state index in [0.29, 0.717) is 30.7 Å². The van der Waals surface area contributed by atoms with Crippen molar-refractivity contribution in [1.82, 2.24) is 9.88 Å². The van der Waals surface area contributed by atoms with Crippen LogP contribution in [0, 0.1) is 11.8 Å². The van der Waals surface area contributed by atoms with E-state index in [-0.39, 0.29) is 5.92 Å². The number of carboxylic acids is 1. The van der Waals surface area contributed by atoms with Crippen LogP contribution in [-0.4, -0.2) is 47.7 Å². The zero-order valence-corrected chi connectivity index (χ0v) is 19.0. The fraction of sp³-hybridized carbons (Fsp3) is 0.462. The molecule has 0 bridgehead atoms. The van der Waals surface area contributed by atoms with E-state index in [2.05, 4.69) is 9.88 Å². The Bertz CT molecular complexity index is 1060. The molecule has 2 aromatic heterocycles. The summed E-state index contributed by atoms with van der Waals surface area (Å²) in [4.78, 5) is 18.5. The third-order valence-electron chi connectivity index (χ3n) is 6.75. The number of hydrogen-bond acceptors (Lipinski definition) is 5. The first kappa shape index (κ1) is 23.2. The summed E-state index contributed by atoms with van der Waals surface area (Å²) in [6.45, 7) is 2.21. The van der Waals surface area contributed by atoms with Gasteiger partial charge < -0.3 is 19.2 Å². The van der Waals surface area contributed by atoms with Crippen LogP contribution >= 0.6 is 0 Å². The first-order valence-corrected chi connectivity index (χ1v) is 11.6. The molecule has 0 radical (unpaired) electrons. The Morgan fingerprint density at radius 3 is 3.00 bits per heavy atom. The van der Waals surface area contributed by atoms with Gasteiger partial charge in [-0.2, -0.15) is 0 Å². The van der Waals surface area contributed by atoms with Gasteiger partial charge >= 0.3 is 5.97 Å². The molecule has 3 heterocycles. The molecule has 3 atom stereocenters. The molecule has 33 heavy (non-hydrogen) atoms. The average molecular weight is 455 g/mol. The van der Waals surface area contributed by atoms with Gasteiger partial charge in [0.15, 0.2) is 0 Å². The monoisotopic (exact) mass is 454 g/mol. The second-order valence-corrected chi connectivity index (χ2v) is 8.81. The van der Waals surface area contributed by atoms with Gasteiger partial charge in [0.1, 0.15) is 17.7 Å². The number of likely N-dealkylation sites (tertiary alicyclic amines) is 1. The van der Waals surface area contributed by atoms with Gasteiger partial charge in [-0.15, -0.1) is 0 Å². The van der Waals surface area contributed by atoms with Crippen LogP contribution in [0.4, 0.5) is 4.39 Å². The van der Waals surface area contributed by atoms with E-state index in [1.54, 1.807) is 25.6 Å². The Kier molecular flexibility index (Phi) is 7.60. The number of benzene rings is 1. The number of hydrogen-bond donors (Lipinski definition) is 1. The minimum absolute atomic E-state index is 0.0234. The van der Waals surface area contributed by atoms with Crippen molar-refractivity contribution in [1.29, 1.82) is 0 Å². The molecule has 1 saturated heterocycles. The molecule has 1 aromatic carbocycles. The summed E-state index contributed by atoms with van der Waals surface area (Å²) in [7, 11) is 1.58. The maximum atomic E-state index is 15.3. The smallest absolute Gasteiger partial charge is 0.308 e. The predicted molar refractivity (Wildman–Crippen MR) is 124 cm³/mol. The minimum Gasteiger partial charge on any atom is -0.497 e. The second-order valence-electron chi connectivity index (χ2n) is 8.81. The molecular formula is C26H31FN2O4. The molecule has 4 rings (SSSR count). The summed E-state index contributed by atoms with van der Waals surface area (Å²) in [6.07, 6.45) is 5.51. The standard InChI is InChI=1S/C26H31FN2O4/c1-32-20-7-9-25-22(16-20)21(10-12-28-25)24(27)8-6-18-11-14-29(17-23(18)26(30)31)13-2-4-19-5-3-15-33-19/h3,5,7,9-10,12,15-16,18,23-24H,2,4,6,8,11,13-14,17H2,1H3,(H,30,31)/t18-,23+,24+/m1/s1. The second kappa shape index (κ2) is 10.8. The van der Waals surface area contributed by atoms with Crippen molar-refractivity contribution in [3.8, 4) is 5.75 Å². The lowest BCUT2D eigenvalue weighted by molar-refractivity contribution is -0.146. The number of aliphatic carboxylic acids is 1. The number of furan rings is 1. The van der Waals surface area contributed by atoms with E-state index >= 15 is 4.39 Å². The van der Waals surface area contributed by atoms with Crippen LogP contribution in [0.3, 0.4) is 0 Å². The molecule has 0 aliphatic carbocycles. The number of carbonyl (C=O) groups is 1. The van der Waals surface area contributed by atoms with Crippen LogP contribution in [0.1, 0.15) is 43.2 Å². The number of nitrogens with zero attached hydrogens (tertiary/aromatic N) is 2. The fourth-order valence-electron chi connectivity index (χ4n) is 4.89. The van der Waals surface area contributed by atoms with Crippen LogP contribution in [0.25, 0.3) is 10.9 Å². The normalized spacial score (nSPS) is 20.1. The van der Waals surface area contributed by atoms with Gasteiger partial charge in [0.05, 0.1) is 24.8 Å². The van der Waals surface area contributed by atoms with Crippen LogP contribution in [-0.2, 0) is 11.2 Å². The molecule has 6 nitrogen and oxygen atoms in total. The maximum absolute atomic E-state index is 15.3. The molecule has 0 amide bonds. The lowest BCUT2D eigenvalue weighted by Gasteiger charge is -2.36. The molecule has 1 N–H and O–H groups in total. The van der Waals surface area contributed by atoms with Crippen molar-refractivity contribution in [3.63, 3.8) is 0 Å². The van der Waals surface area contributed by atoms with Crippen molar-refractivity contribution in [3.05, 3.63) is 60.2 Å². The van der Waals surface area contributed by atoms with Crippen LogP contribution in [0.15, 0.2) is 53.3 Å². The number of methoxy groups -OCH3 is 1. The molecule has 0 saturated carbocycles. The SMILES string of the molecule is COc1ccc2nccc([C@@H](F)CC[C@@H]3CCN(CCCc4ccco4)C[C@@H]3C(=O)O)c2c1. The minimum atomic E-state index is -1.18. The zero-order chi connectivity index (χ0) is 23.2. The van der Waals surface area contributed by atoms with Gasteiger partial charge in [-0.05, 0) is 86.7 Å². The Morgan fingerprint density at radius 2 is 2.24 bits per heavy atom. The number of fused-ring (bicyclic) bond motifs is 1. The lowest BCUT2D eigenvalue weighted by Crippen LogP contribution is -2.44. The van der Waals surface area contributed by atoms with Crippen molar-refractivity contribution in [2.45, 2.75) is 38.3 Å². The zero-order valence-electron chi connectivity index (χ0n) is 19.0. The summed E-state index contributed by atoms with van der Waals surface area (Å²) >= 11 is 0. The van der Waals surface area contributed by atoms with E-state index in [1.165, 1.54) is 0 Å². The summed E-state index contributed by atoms with van der Waals surface area (Å²) < 4.78 is 26.0. The number of ether oxygens (including phenoxy) is 1. The van der Waals surface area contributed by atoms with E-state index in [4.69, 9.17) is 9.15 Å². The highest BCUT2D eigenvalue weighted by atomic mass is 19.1. The number of pyridine rings is 1. The van der Waals surface area contributed by atoms with E-state index in [9.17, 15) is 9.90 Å². The largest absolute Gasteiger partial charge is 0.497 e. The predicted octanol–water partition coefficient (Wildman–Crippen LogP) is 5.28. The Labute approximate surface area is 193 Å². The van der Waals surface area contributed by atoms with Crippen molar-refractivity contribution >= 4 is 16.9 Å². The third kappa shape index (κ3) is 5.71. The molecule has 7 heteroatoms. The van der Waals surface area contributed by atoms with E-state index in [0.717, 1.165) is 49.0 Å². The van der Waals surface area contributed by atoms with Crippen LogP contribution in [0.2, 0.25) is 0 Å². The topological polar surface area (TPSA) is 75.8 Å². The van der Waals surface area contributed by atoms with Crippen molar-refractivity contribution in [2.24, 2.45) is 11.8 Å². The van der Waals surface area contributed by atoms with E-state index in [1.807, 2.05) is 30.3 Å². The van der Waals surface area contributed by atoms with E-state index < -0.39 is 18.1 Å². The molecule has 1 aliphatic heterocycles. The molecule has 176 valence electrons. The van der Waals surface area contributed by atoms with Crippen LogP contribution < -0.4 is 4.74 Å². The quantitative estimate of drug-likeness (QED) is 0.449. The first-order chi connectivity index (χ1) is 16.0.